The van der Waals surface area contributed by atoms with E-state index in [4.69, 9.17) is 5.73 Å². The van der Waals surface area contributed by atoms with E-state index in [1.54, 1.807) is 0 Å². The Bertz CT molecular complexity index is 623. The molecular formula is C12H9F4N3. The minimum Gasteiger partial charge on any atom is -0.384 e. The van der Waals surface area contributed by atoms with Crippen LogP contribution in [0.2, 0.25) is 0 Å². The summed E-state index contributed by atoms with van der Waals surface area (Å²) in [7, 11) is 0. The SMILES string of the molecule is Cc1cc(-c2cc(N)nc(C(F)(F)F)n2)ccc1F. The molecule has 0 radical (unpaired) electrons. The van der Waals surface area contributed by atoms with Crippen molar-refractivity contribution in [3.8, 4) is 11.3 Å². The largest absolute Gasteiger partial charge is 0.451 e. The van der Waals surface area contributed by atoms with Crippen molar-refractivity contribution in [1.82, 2.24) is 9.97 Å². The van der Waals surface area contributed by atoms with Crippen molar-refractivity contribution in [3.05, 3.63) is 41.5 Å². The third kappa shape index (κ3) is 2.81. The molecule has 0 aliphatic heterocycles. The van der Waals surface area contributed by atoms with Crippen LogP contribution < -0.4 is 5.73 Å². The summed E-state index contributed by atoms with van der Waals surface area (Å²) in [5.74, 6) is -2.05. The van der Waals surface area contributed by atoms with Gasteiger partial charge in [-0.15, -0.1) is 0 Å². The molecule has 0 aliphatic carbocycles. The Morgan fingerprint density at radius 1 is 1.11 bits per heavy atom. The Morgan fingerprint density at radius 2 is 1.79 bits per heavy atom. The van der Waals surface area contributed by atoms with Crippen molar-refractivity contribution < 1.29 is 17.6 Å². The maximum absolute atomic E-state index is 13.1. The summed E-state index contributed by atoms with van der Waals surface area (Å²) >= 11 is 0. The second-order valence-electron chi connectivity index (χ2n) is 3.96. The lowest BCUT2D eigenvalue weighted by Crippen LogP contribution is -2.13. The van der Waals surface area contributed by atoms with Gasteiger partial charge in [0.2, 0.25) is 5.82 Å². The molecule has 0 saturated heterocycles. The predicted octanol–water partition coefficient (Wildman–Crippen LogP) is 3.19. The molecule has 0 aliphatic rings. The van der Waals surface area contributed by atoms with Gasteiger partial charge in [-0.3, -0.25) is 0 Å². The zero-order valence-electron chi connectivity index (χ0n) is 9.79. The van der Waals surface area contributed by atoms with Gasteiger partial charge >= 0.3 is 6.18 Å². The van der Waals surface area contributed by atoms with Gasteiger partial charge < -0.3 is 5.73 Å². The number of rotatable bonds is 1. The summed E-state index contributed by atoms with van der Waals surface area (Å²) in [6.45, 7) is 1.51. The molecule has 0 unspecified atom stereocenters. The number of nitrogens with zero attached hydrogens (tertiary/aromatic N) is 2. The number of halogens is 4. The second-order valence-corrected chi connectivity index (χ2v) is 3.96. The molecule has 2 rings (SSSR count). The predicted molar refractivity (Wildman–Crippen MR) is 61.6 cm³/mol. The van der Waals surface area contributed by atoms with Gasteiger partial charge in [-0.1, -0.05) is 0 Å². The first-order valence-electron chi connectivity index (χ1n) is 5.25. The van der Waals surface area contributed by atoms with E-state index in [0.717, 1.165) is 6.07 Å². The zero-order valence-corrected chi connectivity index (χ0v) is 9.79. The van der Waals surface area contributed by atoms with Gasteiger partial charge in [0, 0.05) is 11.6 Å². The topological polar surface area (TPSA) is 51.8 Å². The van der Waals surface area contributed by atoms with E-state index >= 15 is 0 Å². The third-order valence-electron chi connectivity index (χ3n) is 2.45. The van der Waals surface area contributed by atoms with E-state index in [1.165, 1.54) is 25.1 Å². The molecule has 19 heavy (non-hydrogen) atoms. The van der Waals surface area contributed by atoms with Gasteiger partial charge in [-0.2, -0.15) is 13.2 Å². The number of nitrogens with two attached hydrogens (primary N) is 1. The molecule has 0 atom stereocenters. The minimum absolute atomic E-state index is 0.00271. The van der Waals surface area contributed by atoms with Crippen LogP contribution in [-0.4, -0.2) is 9.97 Å². The summed E-state index contributed by atoms with van der Waals surface area (Å²) in [4.78, 5) is 6.55. The van der Waals surface area contributed by atoms with Crippen molar-refractivity contribution in [2.75, 3.05) is 5.73 Å². The molecule has 7 heteroatoms. The van der Waals surface area contributed by atoms with Gasteiger partial charge in [0.25, 0.3) is 0 Å². The fourth-order valence-corrected chi connectivity index (χ4v) is 1.54. The van der Waals surface area contributed by atoms with E-state index in [-0.39, 0.29) is 11.5 Å². The number of aryl methyl sites for hydroxylation is 1. The average Bonchev–Trinajstić information content (AvgIpc) is 2.31. The van der Waals surface area contributed by atoms with Crippen molar-refractivity contribution in [3.63, 3.8) is 0 Å². The number of alkyl halides is 3. The standard InChI is InChI=1S/C12H9F4N3/c1-6-4-7(2-3-8(6)13)9-5-10(17)19-11(18-9)12(14,15)16/h2-5H,1H3,(H2,17,18,19). The number of benzene rings is 1. The van der Waals surface area contributed by atoms with E-state index in [9.17, 15) is 17.6 Å². The van der Waals surface area contributed by atoms with Crippen LogP contribution in [-0.2, 0) is 6.18 Å². The first-order valence-corrected chi connectivity index (χ1v) is 5.25. The molecule has 3 nitrogen and oxygen atoms in total. The molecule has 1 aromatic heterocycles. The summed E-state index contributed by atoms with van der Waals surface area (Å²) in [5, 5.41) is 0. The second kappa shape index (κ2) is 4.49. The molecule has 1 heterocycles. The Balaban J connectivity index is 2.56. The molecule has 2 aromatic rings. The summed E-state index contributed by atoms with van der Waals surface area (Å²) < 4.78 is 50.8. The van der Waals surface area contributed by atoms with E-state index < -0.39 is 17.8 Å². The highest BCUT2D eigenvalue weighted by Crippen LogP contribution is 2.29. The quantitative estimate of drug-likeness (QED) is 0.810. The fraction of sp³-hybridized carbons (Fsp3) is 0.167. The molecule has 100 valence electrons. The lowest BCUT2D eigenvalue weighted by Gasteiger charge is -2.09. The molecule has 0 spiro atoms. The van der Waals surface area contributed by atoms with Crippen molar-refractivity contribution in [1.29, 1.82) is 0 Å². The molecule has 1 aromatic carbocycles. The monoisotopic (exact) mass is 271 g/mol. The minimum atomic E-state index is -4.68. The number of nitrogen functional groups attached to an aromatic ring is 1. The Kier molecular flexibility index (Phi) is 3.13. The van der Waals surface area contributed by atoms with E-state index in [1.807, 2.05) is 0 Å². The maximum atomic E-state index is 13.1. The molecular weight excluding hydrogens is 262 g/mol. The lowest BCUT2D eigenvalue weighted by molar-refractivity contribution is -0.144. The highest BCUT2D eigenvalue weighted by molar-refractivity contribution is 5.62. The number of aromatic nitrogens is 2. The zero-order chi connectivity index (χ0) is 14.2. The van der Waals surface area contributed by atoms with Crippen LogP contribution in [0.3, 0.4) is 0 Å². The van der Waals surface area contributed by atoms with Crippen LogP contribution >= 0.6 is 0 Å². The lowest BCUT2D eigenvalue weighted by atomic mass is 10.1. The number of hydrogen-bond donors (Lipinski definition) is 1. The van der Waals surface area contributed by atoms with E-state index in [2.05, 4.69) is 9.97 Å². The highest BCUT2D eigenvalue weighted by Gasteiger charge is 2.35. The van der Waals surface area contributed by atoms with Gasteiger partial charge in [0.1, 0.15) is 11.6 Å². The molecule has 2 N–H and O–H groups in total. The highest BCUT2D eigenvalue weighted by atomic mass is 19.4. The van der Waals surface area contributed by atoms with Crippen LogP contribution in [0.4, 0.5) is 23.4 Å². The van der Waals surface area contributed by atoms with Gasteiger partial charge in [0.05, 0.1) is 5.69 Å². The smallest absolute Gasteiger partial charge is 0.384 e. The molecule has 0 bridgehead atoms. The normalized spacial score (nSPS) is 11.6. The van der Waals surface area contributed by atoms with Crippen LogP contribution in [0.25, 0.3) is 11.3 Å². The van der Waals surface area contributed by atoms with Gasteiger partial charge in [-0.05, 0) is 30.7 Å². The van der Waals surface area contributed by atoms with Gasteiger partial charge in [-0.25, -0.2) is 14.4 Å². The maximum Gasteiger partial charge on any atom is 0.451 e. The third-order valence-corrected chi connectivity index (χ3v) is 2.45. The number of anilines is 1. The van der Waals surface area contributed by atoms with Gasteiger partial charge in [0.15, 0.2) is 0 Å². The van der Waals surface area contributed by atoms with Crippen molar-refractivity contribution in [2.45, 2.75) is 13.1 Å². The summed E-state index contributed by atoms with van der Waals surface area (Å²) in [6, 6.07) is 5.11. The molecule has 0 fully saturated rings. The molecule has 0 saturated carbocycles. The fourth-order valence-electron chi connectivity index (χ4n) is 1.54. The Labute approximate surface area is 106 Å². The van der Waals surface area contributed by atoms with Crippen molar-refractivity contribution >= 4 is 5.82 Å². The van der Waals surface area contributed by atoms with Crippen molar-refractivity contribution in [2.24, 2.45) is 0 Å². The first kappa shape index (κ1) is 13.3. The van der Waals surface area contributed by atoms with Crippen LogP contribution in [0.15, 0.2) is 24.3 Å². The van der Waals surface area contributed by atoms with Crippen LogP contribution in [0, 0.1) is 12.7 Å². The van der Waals surface area contributed by atoms with Crippen LogP contribution in [0.1, 0.15) is 11.4 Å². The average molecular weight is 271 g/mol. The Morgan fingerprint density at radius 3 is 2.37 bits per heavy atom. The summed E-state index contributed by atoms with van der Waals surface area (Å²) in [6.07, 6.45) is -4.68. The Hall–Kier alpha value is -2.18. The summed E-state index contributed by atoms with van der Waals surface area (Å²) in [5.41, 5.74) is 5.99. The van der Waals surface area contributed by atoms with Crippen LogP contribution in [0.5, 0.6) is 0 Å². The number of hydrogen-bond acceptors (Lipinski definition) is 3. The molecule has 0 amide bonds. The van der Waals surface area contributed by atoms with E-state index in [0.29, 0.717) is 11.1 Å². The first-order chi connectivity index (χ1) is 8.77.